The largest absolute Gasteiger partial charge is 0.495 e. The monoisotopic (exact) mass is 256 g/mol. The van der Waals surface area contributed by atoms with Crippen molar-refractivity contribution >= 4 is 11.6 Å². The first kappa shape index (κ1) is 14.3. The molecule has 0 amide bonds. The SMILES string of the molecule is COc1cc(C(O)CCC(C)(C)C)ccc1Cl. The molecule has 1 unspecified atom stereocenters. The Labute approximate surface area is 109 Å². The molecule has 0 aliphatic rings. The Morgan fingerprint density at radius 2 is 2.00 bits per heavy atom. The molecule has 0 heterocycles. The van der Waals surface area contributed by atoms with Gasteiger partial charge in [0.25, 0.3) is 0 Å². The summed E-state index contributed by atoms with van der Waals surface area (Å²) in [6.45, 7) is 6.51. The number of ether oxygens (including phenoxy) is 1. The maximum absolute atomic E-state index is 10.1. The van der Waals surface area contributed by atoms with Gasteiger partial charge in [0.15, 0.2) is 0 Å². The third kappa shape index (κ3) is 4.57. The van der Waals surface area contributed by atoms with Crippen molar-refractivity contribution in [3.05, 3.63) is 28.8 Å². The number of halogens is 1. The summed E-state index contributed by atoms with van der Waals surface area (Å²) in [4.78, 5) is 0. The highest BCUT2D eigenvalue weighted by Crippen LogP contribution is 2.31. The molecule has 2 nitrogen and oxygen atoms in total. The maximum Gasteiger partial charge on any atom is 0.137 e. The first-order valence-electron chi connectivity index (χ1n) is 5.85. The fraction of sp³-hybridized carbons (Fsp3) is 0.571. The Bertz CT molecular complexity index is 369. The van der Waals surface area contributed by atoms with Crippen LogP contribution >= 0.6 is 11.6 Å². The predicted molar refractivity (Wildman–Crippen MR) is 71.7 cm³/mol. The van der Waals surface area contributed by atoms with Crippen molar-refractivity contribution in [1.29, 1.82) is 0 Å². The van der Waals surface area contributed by atoms with E-state index in [9.17, 15) is 5.11 Å². The van der Waals surface area contributed by atoms with Gasteiger partial charge in [-0.1, -0.05) is 38.4 Å². The van der Waals surface area contributed by atoms with Crippen LogP contribution in [0, 0.1) is 5.41 Å². The van der Waals surface area contributed by atoms with Gasteiger partial charge in [-0.25, -0.2) is 0 Å². The highest BCUT2D eigenvalue weighted by molar-refractivity contribution is 6.32. The van der Waals surface area contributed by atoms with Gasteiger partial charge in [-0.15, -0.1) is 0 Å². The zero-order valence-electron chi connectivity index (χ0n) is 11.0. The Morgan fingerprint density at radius 3 is 2.53 bits per heavy atom. The summed E-state index contributed by atoms with van der Waals surface area (Å²) < 4.78 is 5.14. The van der Waals surface area contributed by atoms with Gasteiger partial charge in [-0.3, -0.25) is 0 Å². The molecule has 0 fully saturated rings. The van der Waals surface area contributed by atoms with E-state index < -0.39 is 6.10 Å². The lowest BCUT2D eigenvalue weighted by Crippen LogP contribution is -2.08. The fourth-order valence-electron chi connectivity index (χ4n) is 1.62. The normalized spacial score (nSPS) is 13.5. The van der Waals surface area contributed by atoms with Crippen molar-refractivity contribution in [2.75, 3.05) is 7.11 Å². The molecule has 0 bridgehead atoms. The Hall–Kier alpha value is -0.730. The number of methoxy groups -OCH3 is 1. The standard InChI is InChI=1S/C14H21ClO2/c1-14(2,3)8-7-12(16)10-5-6-11(15)13(9-10)17-4/h5-6,9,12,16H,7-8H2,1-4H3. The smallest absolute Gasteiger partial charge is 0.137 e. The van der Waals surface area contributed by atoms with Gasteiger partial charge in [-0.05, 0) is 36.0 Å². The van der Waals surface area contributed by atoms with E-state index in [1.54, 1.807) is 19.2 Å². The van der Waals surface area contributed by atoms with Crippen LogP contribution < -0.4 is 4.74 Å². The fourth-order valence-corrected chi connectivity index (χ4v) is 1.81. The van der Waals surface area contributed by atoms with Crippen molar-refractivity contribution in [3.63, 3.8) is 0 Å². The van der Waals surface area contributed by atoms with Crippen molar-refractivity contribution in [2.24, 2.45) is 5.41 Å². The lowest BCUT2D eigenvalue weighted by atomic mass is 9.88. The topological polar surface area (TPSA) is 29.5 Å². The summed E-state index contributed by atoms with van der Waals surface area (Å²) in [5, 5.41) is 10.7. The number of hydrogen-bond donors (Lipinski definition) is 1. The van der Waals surface area contributed by atoms with E-state index in [1.165, 1.54) is 0 Å². The van der Waals surface area contributed by atoms with Gasteiger partial charge in [-0.2, -0.15) is 0 Å². The molecule has 1 atom stereocenters. The van der Waals surface area contributed by atoms with Crippen LogP contribution in [0.25, 0.3) is 0 Å². The Kier molecular flexibility index (Phi) is 4.84. The third-order valence-electron chi connectivity index (χ3n) is 2.73. The molecule has 0 spiro atoms. The second-order valence-electron chi connectivity index (χ2n) is 5.51. The molecule has 96 valence electrons. The average Bonchev–Trinajstić information content (AvgIpc) is 2.25. The molecule has 17 heavy (non-hydrogen) atoms. The number of aliphatic hydroxyl groups excluding tert-OH is 1. The minimum atomic E-state index is -0.458. The number of hydrogen-bond acceptors (Lipinski definition) is 2. The number of rotatable bonds is 4. The van der Waals surface area contributed by atoms with Crippen LogP contribution in [0.1, 0.15) is 45.3 Å². The predicted octanol–water partition coefficient (Wildman–Crippen LogP) is 4.21. The molecule has 1 aromatic rings. The molecule has 0 saturated carbocycles. The zero-order valence-corrected chi connectivity index (χ0v) is 11.7. The van der Waals surface area contributed by atoms with Crippen LogP contribution in [0.5, 0.6) is 5.75 Å². The van der Waals surface area contributed by atoms with E-state index in [1.807, 2.05) is 6.07 Å². The molecule has 0 aliphatic carbocycles. The summed E-state index contributed by atoms with van der Waals surface area (Å²) in [5.74, 6) is 0.610. The van der Waals surface area contributed by atoms with Crippen LogP contribution in [-0.2, 0) is 0 Å². The number of aliphatic hydroxyl groups is 1. The molecule has 0 saturated heterocycles. The van der Waals surface area contributed by atoms with E-state index in [2.05, 4.69) is 20.8 Å². The van der Waals surface area contributed by atoms with E-state index in [4.69, 9.17) is 16.3 Å². The molecule has 1 rings (SSSR count). The Morgan fingerprint density at radius 1 is 1.35 bits per heavy atom. The van der Waals surface area contributed by atoms with Gasteiger partial charge < -0.3 is 9.84 Å². The molecule has 1 aromatic carbocycles. The molecule has 3 heteroatoms. The summed E-state index contributed by atoms with van der Waals surface area (Å²) in [7, 11) is 1.58. The van der Waals surface area contributed by atoms with E-state index in [-0.39, 0.29) is 5.41 Å². The Balaban J connectivity index is 2.72. The van der Waals surface area contributed by atoms with Gasteiger partial charge >= 0.3 is 0 Å². The minimum Gasteiger partial charge on any atom is -0.495 e. The quantitative estimate of drug-likeness (QED) is 0.875. The number of benzene rings is 1. The van der Waals surface area contributed by atoms with E-state index >= 15 is 0 Å². The lowest BCUT2D eigenvalue weighted by Gasteiger charge is -2.20. The lowest BCUT2D eigenvalue weighted by molar-refractivity contribution is 0.147. The second kappa shape index (κ2) is 5.74. The molecular weight excluding hydrogens is 236 g/mol. The van der Waals surface area contributed by atoms with Crippen LogP contribution in [0.3, 0.4) is 0 Å². The van der Waals surface area contributed by atoms with Crippen LogP contribution in [-0.4, -0.2) is 12.2 Å². The molecule has 1 N–H and O–H groups in total. The van der Waals surface area contributed by atoms with E-state index in [0.29, 0.717) is 10.8 Å². The molecule has 0 aliphatic heterocycles. The first-order chi connectivity index (χ1) is 7.83. The van der Waals surface area contributed by atoms with Crippen molar-refractivity contribution in [2.45, 2.75) is 39.7 Å². The van der Waals surface area contributed by atoms with Crippen molar-refractivity contribution in [3.8, 4) is 5.75 Å². The summed E-state index contributed by atoms with van der Waals surface area (Å²) in [6.07, 6.45) is 1.26. The first-order valence-corrected chi connectivity index (χ1v) is 6.23. The van der Waals surface area contributed by atoms with Crippen LogP contribution in [0.15, 0.2) is 18.2 Å². The second-order valence-corrected chi connectivity index (χ2v) is 5.92. The molecule has 0 radical (unpaired) electrons. The van der Waals surface area contributed by atoms with Crippen molar-refractivity contribution in [1.82, 2.24) is 0 Å². The highest BCUT2D eigenvalue weighted by Gasteiger charge is 2.15. The maximum atomic E-state index is 10.1. The van der Waals surface area contributed by atoms with E-state index in [0.717, 1.165) is 18.4 Å². The molecular formula is C14H21ClO2. The van der Waals surface area contributed by atoms with Gasteiger partial charge in [0.05, 0.1) is 18.2 Å². The summed E-state index contributed by atoms with van der Waals surface area (Å²) >= 11 is 5.94. The zero-order chi connectivity index (χ0) is 13.1. The summed E-state index contributed by atoms with van der Waals surface area (Å²) in [6, 6.07) is 5.41. The summed E-state index contributed by atoms with van der Waals surface area (Å²) in [5.41, 5.74) is 1.09. The van der Waals surface area contributed by atoms with Gasteiger partial charge in [0, 0.05) is 0 Å². The van der Waals surface area contributed by atoms with Gasteiger partial charge in [0.2, 0.25) is 0 Å². The highest BCUT2D eigenvalue weighted by atomic mass is 35.5. The van der Waals surface area contributed by atoms with Crippen LogP contribution in [0.2, 0.25) is 5.02 Å². The third-order valence-corrected chi connectivity index (χ3v) is 3.04. The average molecular weight is 257 g/mol. The van der Waals surface area contributed by atoms with Gasteiger partial charge in [0.1, 0.15) is 5.75 Å². The molecule has 0 aromatic heterocycles. The van der Waals surface area contributed by atoms with Crippen molar-refractivity contribution < 1.29 is 9.84 Å². The minimum absolute atomic E-state index is 0.234. The van der Waals surface area contributed by atoms with Crippen LogP contribution in [0.4, 0.5) is 0 Å².